The van der Waals surface area contributed by atoms with E-state index < -0.39 is 42.7 Å². The van der Waals surface area contributed by atoms with E-state index >= 15 is 0 Å². The van der Waals surface area contributed by atoms with Crippen molar-refractivity contribution in [3.63, 3.8) is 0 Å². The van der Waals surface area contributed by atoms with Gasteiger partial charge in [0.25, 0.3) is 6.43 Å². The third-order valence-electron chi connectivity index (χ3n) is 8.47. The minimum absolute atomic E-state index is 0.144. The van der Waals surface area contributed by atoms with Gasteiger partial charge in [0.1, 0.15) is 23.3 Å². The minimum Gasteiger partial charge on any atom is -0.428 e. The fraction of sp³-hybridized carbons (Fsp3) is 0.486. The van der Waals surface area contributed by atoms with Crippen molar-refractivity contribution in [2.75, 3.05) is 12.1 Å². The van der Waals surface area contributed by atoms with Crippen LogP contribution in [0.25, 0.3) is 11.3 Å². The van der Waals surface area contributed by atoms with E-state index in [1.807, 2.05) is 32.9 Å². The maximum absolute atomic E-state index is 13.1. The van der Waals surface area contributed by atoms with Crippen LogP contribution in [0, 0.1) is 24.7 Å². The number of pyridine rings is 3. The summed E-state index contributed by atoms with van der Waals surface area (Å²) in [5, 5.41) is 17.1. The molecule has 3 heterocycles. The Kier molecular flexibility index (Phi) is 12.1. The Morgan fingerprint density at radius 2 is 1.75 bits per heavy atom. The van der Waals surface area contributed by atoms with Crippen LogP contribution < -0.4 is 10.6 Å². The van der Waals surface area contributed by atoms with Gasteiger partial charge in [0.15, 0.2) is 0 Å². The number of hydrogen-bond acceptors (Lipinski definition) is 10. The van der Waals surface area contributed by atoms with E-state index in [0.717, 1.165) is 5.56 Å². The lowest BCUT2D eigenvalue weighted by atomic mass is 9.73. The highest BCUT2D eigenvalue weighted by molar-refractivity contribution is 5.83. The smallest absolute Gasteiger partial charge is 0.331 e. The molecule has 1 saturated carbocycles. The predicted molar refractivity (Wildman–Crippen MR) is 174 cm³/mol. The average Bonchev–Trinajstić information content (AvgIpc) is 3.04. The summed E-state index contributed by atoms with van der Waals surface area (Å²) in [5.41, 5.74) is 1.28. The summed E-state index contributed by atoms with van der Waals surface area (Å²) in [5.74, 6) is -1.19. The molecule has 0 saturated heterocycles. The first kappa shape index (κ1) is 36.3. The van der Waals surface area contributed by atoms with E-state index in [-0.39, 0.29) is 29.1 Å². The van der Waals surface area contributed by atoms with E-state index in [2.05, 4.69) is 25.6 Å². The number of anilines is 2. The first-order valence-corrected chi connectivity index (χ1v) is 16.0. The fourth-order valence-electron chi connectivity index (χ4n) is 5.90. The van der Waals surface area contributed by atoms with Crippen LogP contribution >= 0.6 is 0 Å². The Balaban J connectivity index is 1.32. The number of hydrogen-bond donors (Lipinski definition) is 3. The van der Waals surface area contributed by atoms with Gasteiger partial charge in [-0.3, -0.25) is 14.6 Å². The zero-order valence-corrected chi connectivity index (χ0v) is 27.8. The number of aliphatic hydroxyl groups is 1. The molecule has 1 aliphatic carbocycles. The van der Waals surface area contributed by atoms with Crippen molar-refractivity contribution in [2.45, 2.75) is 84.8 Å². The molecular weight excluding hydrogens is 624 g/mol. The molecule has 3 N–H and O–H groups in total. The number of nitrogens with one attached hydrogen (secondary N) is 2. The van der Waals surface area contributed by atoms with Gasteiger partial charge < -0.3 is 25.2 Å². The van der Waals surface area contributed by atoms with E-state index in [9.17, 15) is 28.3 Å². The Morgan fingerprint density at radius 3 is 2.38 bits per heavy atom. The van der Waals surface area contributed by atoms with Gasteiger partial charge in [-0.05, 0) is 99.7 Å². The largest absolute Gasteiger partial charge is 0.428 e. The molecule has 0 unspecified atom stereocenters. The van der Waals surface area contributed by atoms with Gasteiger partial charge in [0.05, 0.1) is 17.3 Å². The van der Waals surface area contributed by atoms with Crippen molar-refractivity contribution in [3.05, 3.63) is 65.6 Å². The summed E-state index contributed by atoms with van der Waals surface area (Å²) in [6, 6.07) is 8.95. The van der Waals surface area contributed by atoms with Gasteiger partial charge in [0.2, 0.25) is 12.7 Å². The van der Waals surface area contributed by atoms with Crippen molar-refractivity contribution in [1.29, 1.82) is 0 Å². The second-order valence-electron chi connectivity index (χ2n) is 12.9. The van der Waals surface area contributed by atoms with Gasteiger partial charge >= 0.3 is 11.9 Å². The molecule has 258 valence electrons. The number of alkyl halides is 2. The second-order valence-corrected chi connectivity index (χ2v) is 12.9. The number of halogens is 2. The first-order chi connectivity index (χ1) is 22.7. The number of carbonyl (C=O) groups is 3. The Bertz CT molecular complexity index is 1580. The first-order valence-electron chi connectivity index (χ1n) is 16.0. The number of esters is 2. The number of rotatable bonds is 13. The maximum atomic E-state index is 13.1. The van der Waals surface area contributed by atoms with Gasteiger partial charge in [0, 0.05) is 30.4 Å². The average molecular weight is 668 g/mol. The lowest BCUT2D eigenvalue weighted by Crippen LogP contribution is -2.42. The molecule has 0 spiro atoms. The van der Waals surface area contributed by atoms with Gasteiger partial charge in [-0.25, -0.2) is 23.5 Å². The number of aromatic nitrogens is 3. The van der Waals surface area contributed by atoms with Crippen LogP contribution in [0.4, 0.5) is 20.4 Å². The predicted octanol–water partition coefficient (Wildman–Crippen LogP) is 6.14. The molecule has 4 rings (SSSR count). The topological polar surface area (TPSA) is 153 Å². The molecule has 1 fully saturated rings. The standard InChI is InChI=1S/C35H43F2N5O6/c1-20(2)14-28(40-22(4)43)34(45)48-19-47-33(44)23-6-9-26(10-7-23)35(5,46)29-11-8-25(18-39-29)27-15-21(3)16-31(41-27)42-30-17-24(32(36)37)12-13-38-30/h8,11-13,15-18,20,23,26,28,32,46H,6-7,9-10,14,19H2,1-5H3,(H,40,43)(H,38,41,42)/t23-,26-,28-,35+/m0/s1. The molecule has 48 heavy (non-hydrogen) atoms. The summed E-state index contributed by atoms with van der Waals surface area (Å²) >= 11 is 0. The highest BCUT2D eigenvalue weighted by atomic mass is 19.3. The van der Waals surface area contributed by atoms with E-state index in [0.29, 0.717) is 54.9 Å². The lowest BCUT2D eigenvalue weighted by Gasteiger charge is -2.37. The number of amides is 1. The molecule has 13 heteroatoms. The van der Waals surface area contributed by atoms with Crippen molar-refractivity contribution in [1.82, 2.24) is 20.3 Å². The normalized spacial score (nSPS) is 18.1. The van der Waals surface area contributed by atoms with Crippen molar-refractivity contribution in [2.24, 2.45) is 17.8 Å². The van der Waals surface area contributed by atoms with Crippen molar-refractivity contribution >= 4 is 29.5 Å². The monoisotopic (exact) mass is 667 g/mol. The van der Waals surface area contributed by atoms with E-state index in [1.54, 1.807) is 25.3 Å². The second kappa shape index (κ2) is 16.1. The molecule has 0 bridgehead atoms. The molecule has 0 radical (unpaired) electrons. The molecule has 2 atom stereocenters. The highest BCUT2D eigenvalue weighted by Crippen LogP contribution is 2.41. The molecule has 0 aliphatic heterocycles. The number of ether oxygens (including phenoxy) is 2. The van der Waals surface area contributed by atoms with Crippen molar-refractivity contribution in [3.8, 4) is 11.3 Å². The third-order valence-corrected chi connectivity index (χ3v) is 8.47. The molecule has 3 aromatic heterocycles. The minimum atomic E-state index is -2.61. The summed E-state index contributed by atoms with van der Waals surface area (Å²) in [6.07, 6.45) is 2.83. The number of carbonyl (C=O) groups excluding carboxylic acids is 3. The maximum Gasteiger partial charge on any atom is 0.331 e. The molecule has 3 aromatic rings. The van der Waals surface area contributed by atoms with Gasteiger partial charge in [-0.2, -0.15) is 0 Å². The van der Waals surface area contributed by atoms with Crippen LogP contribution in [0.15, 0.2) is 48.8 Å². The van der Waals surface area contributed by atoms with Crippen LogP contribution in [0.3, 0.4) is 0 Å². The molecule has 1 amide bonds. The third kappa shape index (κ3) is 9.75. The van der Waals surface area contributed by atoms with Crippen LogP contribution in [-0.2, 0) is 29.5 Å². The Hall–Kier alpha value is -4.52. The van der Waals surface area contributed by atoms with Crippen LogP contribution in [-0.4, -0.2) is 50.7 Å². The summed E-state index contributed by atoms with van der Waals surface area (Å²) in [6.45, 7) is 8.23. The quantitative estimate of drug-likeness (QED) is 0.143. The molecule has 1 aliphatic rings. The SMILES string of the molecule is CC(=O)N[C@@H](CC(C)C)C(=O)OCOC(=O)[C@H]1CC[C@H]([C@@](C)(O)c2ccc(-c3cc(C)cc(Nc4cc(C(F)F)ccn4)n3)cn2)CC1. The van der Waals surface area contributed by atoms with Crippen LogP contribution in [0.2, 0.25) is 0 Å². The zero-order valence-electron chi connectivity index (χ0n) is 27.8. The summed E-state index contributed by atoms with van der Waals surface area (Å²) < 4.78 is 36.6. The highest BCUT2D eigenvalue weighted by Gasteiger charge is 2.39. The molecular formula is C35H43F2N5O6. The van der Waals surface area contributed by atoms with E-state index in [1.165, 1.54) is 25.3 Å². The lowest BCUT2D eigenvalue weighted by molar-refractivity contribution is -0.173. The van der Waals surface area contributed by atoms with Gasteiger partial charge in [-0.15, -0.1) is 0 Å². The van der Waals surface area contributed by atoms with E-state index in [4.69, 9.17) is 9.47 Å². The Labute approximate surface area is 278 Å². The van der Waals surface area contributed by atoms with Crippen LogP contribution in [0.1, 0.15) is 83.0 Å². The van der Waals surface area contributed by atoms with Gasteiger partial charge in [-0.1, -0.05) is 13.8 Å². The number of nitrogens with zero attached hydrogens (tertiary/aromatic N) is 3. The molecule has 11 nitrogen and oxygen atoms in total. The summed E-state index contributed by atoms with van der Waals surface area (Å²) in [7, 11) is 0. The van der Waals surface area contributed by atoms with Crippen molar-refractivity contribution < 1.29 is 37.7 Å². The fourth-order valence-corrected chi connectivity index (χ4v) is 5.90. The summed E-state index contributed by atoms with van der Waals surface area (Å²) in [4.78, 5) is 49.8. The zero-order chi connectivity index (χ0) is 35.0. The number of aryl methyl sites for hydroxylation is 1. The van der Waals surface area contributed by atoms with Crippen LogP contribution in [0.5, 0.6) is 0 Å². The Morgan fingerprint density at radius 1 is 1.02 bits per heavy atom. The molecule has 0 aromatic carbocycles.